The molecule has 0 radical (unpaired) electrons. The smallest absolute Gasteiger partial charge is 0.416 e. The van der Waals surface area contributed by atoms with Crippen LogP contribution in [0.3, 0.4) is 0 Å². The zero-order chi connectivity index (χ0) is 18.6. The van der Waals surface area contributed by atoms with Crippen molar-refractivity contribution in [2.75, 3.05) is 12.4 Å². The van der Waals surface area contributed by atoms with Gasteiger partial charge < -0.3 is 10.4 Å². The normalized spacial score (nSPS) is 11.1. The number of rotatable bonds is 2. The van der Waals surface area contributed by atoms with Crippen LogP contribution in [0.1, 0.15) is 25.8 Å². The van der Waals surface area contributed by atoms with Gasteiger partial charge in [-0.05, 0) is 24.3 Å². The minimum Gasteiger partial charge on any atom is -0.507 e. The molecule has 0 aliphatic heterocycles. The summed E-state index contributed by atoms with van der Waals surface area (Å²) in [4.78, 5) is 0. The minimum absolute atomic E-state index is 0.147. The number of nitrogens with zero attached hydrogens (tertiary/aromatic N) is 4. The van der Waals surface area contributed by atoms with Crippen molar-refractivity contribution in [3.8, 4) is 17.0 Å². The summed E-state index contributed by atoms with van der Waals surface area (Å²) in [6.07, 6.45) is -1.77. The van der Waals surface area contributed by atoms with E-state index in [-0.39, 0.29) is 11.3 Å². The predicted molar refractivity (Wildman–Crippen MR) is 88.4 cm³/mol. The largest absolute Gasteiger partial charge is 0.507 e. The van der Waals surface area contributed by atoms with Gasteiger partial charge in [-0.1, -0.05) is 20.3 Å². The molecular weight excluding hydrogens is 335 g/mol. The number of hydrogen-bond acceptors (Lipinski definition) is 5. The Hall–Kier alpha value is -2.84. The molecule has 0 aliphatic rings. The average Bonchev–Trinajstić information content (AvgIpc) is 3.04. The van der Waals surface area contributed by atoms with Crippen molar-refractivity contribution in [2.45, 2.75) is 26.4 Å². The number of anilines is 1. The van der Waals surface area contributed by atoms with E-state index in [1.165, 1.54) is 17.1 Å². The van der Waals surface area contributed by atoms with E-state index in [0.717, 1.165) is 12.1 Å². The van der Waals surface area contributed by atoms with Crippen LogP contribution < -0.4 is 5.32 Å². The molecule has 25 heavy (non-hydrogen) atoms. The fourth-order valence-electron chi connectivity index (χ4n) is 2.10. The number of phenols is 1. The van der Waals surface area contributed by atoms with E-state index in [4.69, 9.17) is 0 Å². The molecule has 0 bridgehead atoms. The molecule has 0 amide bonds. The van der Waals surface area contributed by atoms with Gasteiger partial charge in [0.15, 0.2) is 0 Å². The molecule has 134 valence electrons. The number of hydrogen-bond donors (Lipinski definition) is 2. The zero-order valence-corrected chi connectivity index (χ0v) is 14.0. The summed E-state index contributed by atoms with van der Waals surface area (Å²) in [5.74, 6) is -0.153. The average molecular weight is 353 g/mol. The van der Waals surface area contributed by atoms with Gasteiger partial charge in [-0.15, -0.1) is 10.2 Å². The maximum atomic E-state index is 12.6. The van der Waals surface area contributed by atoms with Crippen LogP contribution in [-0.2, 0) is 6.18 Å². The maximum absolute atomic E-state index is 12.6. The highest BCUT2D eigenvalue weighted by Gasteiger charge is 2.31. The summed E-state index contributed by atoms with van der Waals surface area (Å²) in [6.45, 7) is 4.25. The molecular formula is C16H18F3N5O. The Kier molecular flexibility index (Phi) is 5.45. The van der Waals surface area contributed by atoms with E-state index in [0.29, 0.717) is 17.5 Å². The van der Waals surface area contributed by atoms with Crippen LogP contribution >= 0.6 is 0 Å². The fraction of sp³-hybridized carbons (Fsp3) is 0.312. The number of phenolic OH excluding ortho intramolecular Hbond substituents is 1. The third-order valence-electron chi connectivity index (χ3n) is 3.13. The standard InChI is InChI=1S/C13H10F3N5O.C3H8/c1-17-12-20-19-11(9-4-5-18-21(9)12)8-3-2-7(6-10(8)22)13(14,15)16;1-3-2/h2-6,22H,1H3,(H,17,20);3H2,1-2H3. The van der Waals surface area contributed by atoms with Crippen LogP contribution in [-0.4, -0.2) is 32.0 Å². The lowest BCUT2D eigenvalue weighted by atomic mass is 10.1. The Bertz CT molecular complexity index is 861. The van der Waals surface area contributed by atoms with Gasteiger partial charge in [0.05, 0.1) is 17.3 Å². The molecule has 1 aromatic carbocycles. The van der Waals surface area contributed by atoms with Crippen molar-refractivity contribution in [3.05, 3.63) is 36.0 Å². The van der Waals surface area contributed by atoms with Crippen LogP contribution in [0.4, 0.5) is 19.1 Å². The Morgan fingerprint density at radius 3 is 2.40 bits per heavy atom. The zero-order valence-electron chi connectivity index (χ0n) is 14.0. The van der Waals surface area contributed by atoms with Crippen molar-refractivity contribution in [2.24, 2.45) is 0 Å². The first-order valence-electron chi connectivity index (χ1n) is 7.62. The van der Waals surface area contributed by atoms with E-state index in [1.54, 1.807) is 13.1 Å². The van der Waals surface area contributed by atoms with Crippen molar-refractivity contribution in [1.82, 2.24) is 19.8 Å². The lowest BCUT2D eigenvalue weighted by molar-refractivity contribution is -0.137. The Morgan fingerprint density at radius 1 is 1.16 bits per heavy atom. The number of aromatic nitrogens is 4. The van der Waals surface area contributed by atoms with E-state index in [1.807, 2.05) is 0 Å². The highest BCUT2D eigenvalue weighted by molar-refractivity contribution is 5.80. The molecule has 0 aliphatic carbocycles. The van der Waals surface area contributed by atoms with E-state index in [9.17, 15) is 18.3 Å². The van der Waals surface area contributed by atoms with Crippen LogP contribution in [0.2, 0.25) is 0 Å². The molecule has 0 saturated heterocycles. The second-order valence-corrected chi connectivity index (χ2v) is 5.19. The molecule has 3 rings (SSSR count). The number of benzene rings is 1. The number of nitrogens with one attached hydrogen (secondary N) is 1. The Labute approximate surface area is 142 Å². The van der Waals surface area contributed by atoms with Crippen LogP contribution in [0, 0.1) is 0 Å². The SMILES string of the molecule is CCC.CNc1nnc(-c2ccc(C(F)(F)F)cc2O)c2ccnn12. The molecule has 0 unspecified atom stereocenters. The first kappa shape index (κ1) is 18.5. The fourth-order valence-corrected chi connectivity index (χ4v) is 2.10. The monoisotopic (exact) mass is 353 g/mol. The van der Waals surface area contributed by atoms with E-state index >= 15 is 0 Å². The Balaban J connectivity index is 0.000000701. The van der Waals surface area contributed by atoms with Crippen LogP contribution in [0.5, 0.6) is 5.75 Å². The summed E-state index contributed by atoms with van der Waals surface area (Å²) in [7, 11) is 1.64. The number of alkyl halides is 3. The molecule has 0 saturated carbocycles. The summed E-state index contributed by atoms with van der Waals surface area (Å²) < 4.78 is 39.4. The van der Waals surface area contributed by atoms with Crippen molar-refractivity contribution >= 4 is 11.5 Å². The molecule has 6 nitrogen and oxygen atoms in total. The van der Waals surface area contributed by atoms with Gasteiger partial charge in [0.25, 0.3) is 0 Å². The lowest BCUT2D eigenvalue weighted by Crippen LogP contribution is -2.06. The van der Waals surface area contributed by atoms with Gasteiger partial charge in [-0.2, -0.15) is 22.8 Å². The highest BCUT2D eigenvalue weighted by Crippen LogP contribution is 2.37. The quantitative estimate of drug-likeness (QED) is 0.729. The van der Waals surface area contributed by atoms with Gasteiger partial charge in [-0.25, -0.2) is 0 Å². The van der Waals surface area contributed by atoms with Crippen molar-refractivity contribution in [1.29, 1.82) is 0 Å². The number of aromatic hydroxyl groups is 1. The third-order valence-corrected chi connectivity index (χ3v) is 3.13. The van der Waals surface area contributed by atoms with Gasteiger partial charge >= 0.3 is 6.18 Å². The summed E-state index contributed by atoms with van der Waals surface area (Å²) in [5, 5.41) is 24.6. The lowest BCUT2D eigenvalue weighted by Gasteiger charge is -2.11. The molecule has 2 aromatic heterocycles. The molecule has 2 N–H and O–H groups in total. The number of fused-ring (bicyclic) bond motifs is 1. The number of halogens is 3. The van der Waals surface area contributed by atoms with Gasteiger partial charge in [-0.3, -0.25) is 0 Å². The molecule has 2 heterocycles. The predicted octanol–water partition coefficient (Wildman–Crippen LogP) is 3.97. The van der Waals surface area contributed by atoms with Gasteiger partial charge in [0, 0.05) is 12.6 Å². The first-order chi connectivity index (χ1) is 11.8. The molecule has 0 fully saturated rings. The second kappa shape index (κ2) is 7.37. The van der Waals surface area contributed by atoms with Crippen LogP contribution in [0.25, 0.3) is 16.8 Å². The Morgan fingerprint density at radius 2 is 1.84 bits per heavy atom. The van der Waals surface area contributed by atoms with E-state index < -0.39 is 17.5 Å². The van der Waals surface area contributed by atoms with Gasteiger partial charge in [0.1, 0.15) is 11.4 Å². The highest BCUT2D eigenvalue weighted by atomic mass is 19.4. The first-order valence-corrected chi connectivity index (χ1v) is 7.62. The van der Waals surface area contributed by atoms with E-state index in [2.05, 4.69) is 34.5 Å². The third kappa shape index (κ3) is 3.81. The molecule has 9 heteroatoms. The minimum atomic E-state index is -4.52. The van der Waals surface area contributed by atoms with Crippen molar-refractivity contribution in [3.63, 3.8) is 0 Å². The molecule has 3 aromatic rings. The summed E-state index contributed by atoms with van der Waals surface area (Å²) in [6, 6.07) is 4.33. The second-order valence-electron chi connectivity index (χ2n) is 5.19. The molecule has 0 spiro atoms. The van der Waals surface area contributed by atoms with Crippen LogP contribution in [0.15, 0.2) is 30.5 Å². The maximum Gasteiger partial charge on any atom is 0.416 e. The molecule has 0 atom stereocenters. The summed E-state index contributed by atoms with van der Waals surface area (Å²) >= 11 is 0. The van der Waals surface area contributed by atoms with Gasteiger partial charge in [0.2, 0.25) is 5.95 Å². The van der Waals surface area contributed by atoms with Crippen molar-refractivity contribution < 1.29 is 18.3 Å². The topological polar surface area (TPSA) is 75.3 Å². The summed E-state index contributed by atoms with van der Waals surface area (Å²) in [5.41, 5.74) is -0.0381.